The fraction of sp³-hybridized carbons (Fsp3) is 0.389. The lowest BCUT2D eigenvalue weighted by molar-refractivity contribution is -0.133. The molecule has 4 rings (SSSR count). The molecule has 2 aliphatic rings. The van der Waals surface area contributed by atoms with Crippen molar-refractivity contribution in [1.82, 2.24) is 10.3 Å². The van der Waals surface area contributed by atoms with E-state index in [4.69, 9.17) is 0 Å². The van der Waals surface area contributed by atoms with E-state index in [9.17, 15) is 9.59 Å². The number of anilines is 1. The second kappa shape index (κ2) is 6.02. The van der Waals surface area contributed by atoms with E-state index in [1.807, 2.05) is 37.4 Å². The van der Waals surface area contributed by atoms with Crippen molar-refractivity contribution < 1.29 is 9.59 Å². The number of carbonyl (C=O) groups excluding carboxylic acids is 2. The van der Waals surface area contributed by atoms with Crippen LogP contribution in [0.15, 0.2) is 30.5 Å². The number of hydrogen-bond donors (Lipinski definition) is 2. The van der Waals surface area contributed by atoms with Gasteiger partial charge in [-0.2, -0.15) is 0 Å². The Labute approximate surface area is 144 Å². The summed E-state index contributed by atoms with van der Waals surface area (Å²) in [5.74, 6) is -0.663. The van der Waals surface area contributed by atoms with Crippen LogP contribution in [0, 0.1) is 18.8 Å². The number of amides is 2. The van der Waals surface area contributed by atoms with Gasteiger partial charge in [0, 0.05) is 16.8 Å². The van der Waals surface area contributed by atoms with Gasteiger partial charge in [-0.05, 0) is 43.7 Å². The van der Waals surface area contributed by atoms with Crippen LogP contribution in [0.4, 0.5) is 5.69 Å². The summed E-state index contributed by atoms with van der Waals surface area (Å²) in [7, 11) is 0. The lowest BCUT2D eigenvalue weighted by Gasteiger charge is -2.25. The van der Waals surface area contributed by atoms with Gasteiger partial charge in [0.25, 0.3) is 0 Å². The fourth-order valence-electron chi connectivity index (χ4n) is 3.15. The number of aryl methyl sites for hydroxylation is 1. The van der Waals surface area contributed by atoms with Crippen molar-refractivity contribution >= 4 is 28.8 Å². The highest BCUT2D eigenvalue weighted by molar-refractivity contribution is 7.11. The summed E-state index contributed by atoms with van der Waals surface area (Å²) >= 11 is 1.62. The van der Waals surface area contributed by atoms with E-state index in [2.05, 4.69) is 15.6 Å². The van der Waals surface area contributed by atoms with Gasteiger partial charge in [0.1, 0.15) is 10.9 Å². The largest absolute Gasteiger partial charge is 0.346 e. The molecule has 2 amide bonds. The molecule has 1 fully saturated rings. The Morgan fingerprint density at radius 3 is 2.88 bits per heavy atom. The van der Waals surface area contributed by atoms with E-state index in [0.717, 1.165) is 34.0 Å². The number of para-hydroxylation sites is 1. The highest BCUT2D eigenvalue weighted by Gasteiger charge is 2.39. The predicted octanol–water partition coefficient (Wildman–Crippen LogP) is 2.83. The standard InChI is InChI=1S/C18H19N3O2S/c1-10-9-19-18(24-10)15(11-6-7-11)21-17(23)13-8-12-4-2-3-5-14(12)20-16(13)22/h2-5,9,11,13,15H,6-8H2,1H3,(H,20,22)(H,21,23). The first kappa shape index (κ1) is 15.3. The summed E-state index contributed by atoms with van der Waals surface area (Å²) in [6, 6.07) is 7.56. The third-order valence-corrected chi connectivity index (χ3v) is 5.62. The van der Waals surface area contributed by atoms with Gasteiger partial charge in [0.05, 0.1) is 6.04 Å². The number of rotatable bonds is 4. The van der Waals surface area contributed by atoms with Crippen molar-refractivity contribution in [2.24, 2.45) is 11.8 Å². The molecule has 2 unspecified atom stereocenters. The first-order valence-corrected chi connectivity index (χ1v) is 9.05. The van der Waals surface area contributed by atoms with E-state index < -0.39 is 5.92 Å². The number of carbonyl (C=O) groups is 2. The minimum Gasteiger partial charge on any atom is -0.346 e. The molecule has 2 atom stereocenters. The zero-order valence-electron chi connectivity index (χ0n) is 13.4. The van der Waals surface area contributed by atoms with Crippen LogP contribution >= 0.6 is 11.3 Å². The zero-order chi connectivity index (χ0) is 16.7. The van der Waals surface area contributed by atoms with Gasteiger partial charge in [0.2, 0.25) is 11.8 Å². The Balaban J connectivity index is 1.52. The van der Waals surface area contributed by atoms with Crippen LogP contribution in [0.1, 0.15) is 34.3 Å². The third kappa shape index (κ3) is 2.94. The number of aromatic nitrogens is 1. The molecule has 1 saturated carbocycles. The molecule has 2 N–H and O–H groups in total. The summed E-state index contributed by atoms with van der Waals surface area (Å²) in [4.78, 5) is 30.6. The maximum absolute atomic E-state index is 12.7. The SMILES string of the molecule is Cc1cnc(C(NC(=O)C2Cc3ccccc3NC2=O)C2CC2)s1. The molecule has 24 heavy (non-hydrogen) atoms. The maximum Gasteiger partial charge on any atom is 0.237 e. The van der Waals surface area contributed by atoms with Crippen LogP contribution in [-0.4, -0.2) is 16.8 Å². The quantitative estimate of drug-likeness (QED) is 0.840. The smallest absolute Gasteiger partial charge is 0.237 e. The van der Waals surface area contributed by atoms with Gasteiger partial charge in [-0.15, -0.1) is 11.3 Å². The fourth-order valence-corrected chi connectivity index (χ4v) is 4.06. The number of benzene rings is 1. The summed E-state index contributed by atoms with van der Waals surface area (Å²) < 4.78 is 0. The zero-order valence-corrected chi connectivity index (χ0v) is 14.2. The molecule has 1 aliphatic heterocycles. The molecule has 0 saturated heterocycles. The van der Waals surface area contributed by atoms with Crippen LogP contribution < -0.4 is 10.6 Å². The first-order chi connectivity index (χ1) is 11.6. The highest BCUT2D eigenvalue weighted by Crippen LogP contribution is 2.42. The molecule has 2 aromatic rings. The van der Waals surface area contributed by atoms with Gasteiger partial charge < -0.3 is 10.6 Å². The van der Waals surface area contributed by atoms with E-state index in [-0.39, 0.29) is 17.9 Å². The van der Waals surface area contributed by atoms with Gasteiger partial charge in [0.15, 0.2) is 0 Å². The first-order valence-electron chi connectivity index (χ1n) is 8.23. The van der Waals surface area contributed by atoms with Gasteiger partial charge in [-0.1, -0.05) is 18.2 Å². The topological polar surface area (TPSA) is 71.1 Å². The third-order valence-electron chi connectivity index (χ3n) is 4.63. The van der Waals surface area contributed by atoms with E-state index >= 15 is 0 Å². The number of hydrogen-bond acceptors (Lipinski definition) is 4. The molecular weight excluding hydrogens is 322 g/mol. The van der Waals surface area contributed by atoms with Crippen molar-refractivity contribution in [2.75, 3.05) is 5.32 Å². The van der Waals surface area contributed by atoms with E-state index in [0.29, 0.717) is 12.3 Å². The van der Waals surface area contributed by atoms with Crippen molar-refractivity contribution in [3.63, 3.8) is 0 Å². The molecule has 0 spiro atoms. The summed E-state index contributed by atoms with van der Waals surface area (Å²) in [5.41, 5.74) is 1.81. The Hall–Kier alpha value is -2.21. The Bertz CT molecular complexity index is 797. The molecule has 2 heterocycles. The second-order valence-electron chi connectivity index (χ2n) is 6.54. The maximum atomic E-state index is 12.7. The van der Waals surface area contributed by atoms with Gasteiger partial charge >= 0.3 is 0 Å². The molecule has 1 aliphatic carbocycles. The van der Waals surface area contributed by atoms with Crippen LogP contribution in [-0.2, 0) is 16.0 Å². The Kier molecular flexibility index (Phi) is 3.84. The van der Waals surface area contributed by atoms with E-state index in [1.165, 1.54) is 0 Å². The Morgan fingerprint density at radius 2 is 2.17 bits per heavy atom. The minimum atomic E-state index is -0.679. The average molecular weight is 341 g/mol. The monoisotopic (exact) mass is 341 g/mol. The number of nitrogens with one attached hydrogen (secondary N) is 2. The number of nitrogens with zero attached hydrogens (tertiary/aromatic N) is 1. The minimum absolute atomic E-state index is 0.0684. The van der Waals surface area contributed by atoms with Crippen LogP contribution in [0.3, 0.4) is 0 Å². The molecule has 1 aromatic heterocycles. The van der Waals surface area contributed by atoms with Crippen molar-refractivity contribution in [2.45, 2.75) is 32.2 Å². The Morgan fingerprint density at radius 1 is 1.38 bits per heavy atom. The average Bonchev–Trinajstić information content (AvgIpc) is 3.32. The van der Waals surface area contributed by atoms with Crippen molar-refractivity contribution in [3.05, 3.63) is 45.9 Å². The van der Waals surface area contributed by atoms with Crippen LogP contribution in [0.2, 0.25) is 0 Å². The van der Waals surface area contributed by atoms with Crippen LogP contribution in [0.25, 0.3) is 0 Å². The number of fused-ring (bicyclic) bond motifs is 1. The molecular formula is C18H19N3O2S. The van der Waals surface area contributed by atoms with Gasteiger partial charge in [-0.25, -0.2) is 4.98 Å². The predicted molar refractivity (Wildman–Crippen MR) is 92.7 cm³/mol. The van der Waals surface area contributed by atoms with Crippen molar-refractivity contribution in [3.8, 4) is 0 Å². The van der Waals surface area contributed by atoms with Crippen molar-refractivity contribution in [1.29, 1.82) is 0 Å². The van der Waals surface area contributed by atoms with Gasteiger partial charge in [-0.3, -0.25) is 9.59 Å². The molecule has 1 aromatic carbocycles. The molecule has 6 heteroatoms. The summed E-state index contributed by atoms with van der Waals surface area (Å²) in [6.07, 6.45) is 4.49. The lowest BCUT2D eigenvalue weighted by atomic mass is 9.92. The number of thiazole rings is 1. The lowest BCUT2D eigenvalue weighted by Crippen LogP contribution is -2.43. The highest BCUT2D eigenvalue weighted by atomic mass is 32.1. The molecule has 0 bridgehead atoms. The molecule has 0 radical (unpaired) electrons. The summed E-state index contributed by atoms with van der Waals surface area (Å²) in [6.45, 7) is 2.01. The van der Waals surface area contributed by atoms with E-state index in [1.54, 1.807) is 11.3 Å². The molecule has 124 valence electrons. The summed E-state index contributed by atoms with van der Waals surface area (Å²) in [5, 5.41) is 6.87. The molecule has 5 nitrogen and oxygen atoms in total. The normalized spacial score (nSPS) is 20.9. The second-order valence-corrected chi connectivity index (χ2v) is 7.80. The van der Waals surface area contributed by atoms with Crippen LogP contribution in [0.5, 0.6) is 0 Å².